The van der Waals surface area contributed by atoms with Crippen LogP contribution < -0.4 is 9.80 Å². The van der Waals surface area contributed by atoms with Crippen molar-refractivity contribution in [3.8, 4) is 0 Å². The Balaban J connectivity index is 0.000000371. The third kappa shape index (κ3) is 7.29. The Hall–Kier alpha value is -4.04. The number of nitrogens with zero attached hydrogens (tertiary/aromatic N) is 4. The first-order valence-corrected chi connectivity index (χ1v) is 12.0. The number of ether oxygens (including phenoxy) is 1. The van der Waals surface area contributed by atoms with Crippen LogP contribution in [-0.2, 0) is 35.9 Å². The summed E-state index contributed by atoms with van der Waals surface area (Å²) in [4.78, 5) is 69.1. The Bertz CT molecular complexity index is 1270. The molecule has 2 aromatic rings. The van der Waals surface area contributed by atoms with Crippen molar-refractivity contribution in [2.45, 2.75) is 52.5 Å². The fourth-order valence-corrected chi connectivity index (χ4v) is 4.33. The molecule has 2 aliphatic rings. The predicted molar refractivity (Wildman–Crippen MR) is 146 cm³/mol. The number of alkyl halides is 1. The molecule has 14 heteroatoms. The molecule has 0 spiro atoms. The number of nitro groups is 2. The topological polar surface area (TPSA) is 170 Å². The molecule has 0 aliphatic carbocycles. The van der Waals surface area contributed by atoms with E-state index in [1.165, 1.54) is 43.5 Å². The summed E-state index contributed by atoms with van der Waals surface area (Å²) in [7, 11) is 1.42. The number of carbonyl (C=O) groups is 4. The number of carbonyl (C=O) groups excluding carboxylic acids is 4. The molecule has 4 rings (SSSR count). The lowest BCUT2D eigenvalue weighted by Gasteiger charge is -2.14. The van der Waals surface area contributed by atoms with Gasteiger partial charge in [0.25, 0.3) is 11.4 Å². The van der Waals surface area contributed by atoms with Crippen molar-refractivity contribution >= 4 is 62.3 Å². The van der Waals surface area contributed by atoms with Gasteiger partial charge >= 0.3 is 0 Å². The van der Waals surface area contributed by atoms with Gasteiger partial charge in [0, 0.05) is 55.8 Å². The highest BCUT2D eigenvalue weighted by atomic mass is 79.9. The summed E-state index contributed by atoms with van der Waals surface area (Å²) in [6.45, 7) is 0.0420. The highest BCUT2D eigenvalue weighted by Gasteiger charge is 2.32. The van der Waals surface area contributed by atoms with Crippen molar-refractivity contribution in [3.63, 3.8) is 0 Å². The zero-order valence-corrected chi connectivity index (χ0v) is 21.1. The van der Waals surface area contributed by atoms with Crippen molar-refractivity contribution in [1.82, 2.24) is 0 Å². The molecular formula is C25H29BrN4O9. The highest BCUT2D eigenvalue weighted by molar-refractivity contribution is 9.08. The van der Waals surface area contributed by atoms with Crippen LogP contribution in [-0.4, -0.2) is 40.6 Å². The van der Waals surface area contributed by atoms with Crippen LogP contribution in [0.5, 0.6) is 0 Å². The molecule has 2 aliphatic heterocycles. The number of imide groups is 2. The molecule has 0 unspecified atom stereocenters. The molecule has 0 N–H and O–H groups in total. The minimum absolute atomic E-state index is 0. The number of anilines is 2. The van der Waals surface area contributed by atoms with Gasteiger partial charge in [0.05, 0.1) is 33.4 Å². The molecule has 0 saturated carbocycles. The zero-order valence-electron chi connectivity index (χ0n) is 19.5. The molecule has 0 radical (unpaired) electrons. The average molecular weight is 609 g/mol. The number of hydrogen-bond acceptors (Lipinski definition) is 9. The van der Waals surface area contributed by atoms with Crippen LogP contribution in [0, 0.1) is 20.2 Å². The maximum Gasteiger partial charge on any atom is 0.275 e. The summed E-state index contributed by atoms with van der Waals surface area (Å²) in [5, 5.41) is 21.9. The number of nitro benzene ring substituents is 2. The van der Waals surface area contributed by atoms with Crippen LogP contribution in [0.15, 0.2) is 36.4 Å². The van der Waals surface area contributed by atoms with E-state index in [-0.39, 0.29) is 87.5 Å². The summed E-state index contributed by atoms with van der Waals surface area (Å²) in [6, 6.07) is 8.36. The lowest BCUT2D eigenvalue weighted by Crippen LogP contribution is -2.28. The summed E-state index contributed by atoms with van der Waals surface area (Å²) >= 11 is 3.16. The fraction of sp³-hybridized carbons (Fsp3) is 0.360. The minimum Gasteiger partial charge on any atom is -0.380 e. The third-order valence-electron chi connectivity index (χ3n) is 5.58. The van der Waals surface area contributed by atoms with E-state index < -0.39 is 9.85 Å². The molecule has 0 aromatic heterocycles. The van der Waals surface area contributed by atoms with Crippen LogP contribution in [0.3, 0.4) is 0 Å². The minimum atomic E-state index is -0.522. The number of amides is 4. The highest BCUT2D eigenvalue weighted by Crippen LogP contribution is 2.30. The Morgan fingerprint density at radius 1 is 0.744 bits per heavy atom. The van der Waals surface area contributed by atoms with E-state index in [0.717, 1.165) is 9.80 Å². The van der Waals surface area contributed by atoms with Gasteiger partial charge in [-0.05, 0) is 24.3 Å². The van der Waals surface area contributed by atoms with Gasteiger partial charge in [0.15, 0.2) is 0 Å². The van der Waals surface area contributed by atoms with Gasteiger partial charge in [-0.3, -0.25) is 49.2 Å². The van der Waals surface area contributed by atoms with E-state index >= 15 is 0 Å². The number of halogens is 1. The van der Waals surface area contributed by atoms with Gasteiger partial charge < -0.3 is 4.74 Å². The normalized spacial score (nSPS) is 14.4. The van der Waals surface area contributed by atoms with Crippen LogP contribution in [0.25, 0.3) is 0 Å². The number of benzene rings is 2. The quantitative estimate of drug-likeness (QED) is 0.185. The molecule has 2 heterocycles. The summed E-state index contributed by atoms with van der Waals surface area (Å²) in [6.07, 6.45) is 0.740. The molecule has 2 saturated heterocycles. The fourth-order valence-electron chi connectivity index (χ4n) is 3.89. The molecule has 0 atom stereocenters. The van der Waals surface area contributed by atoms with Crippen LogP contribution in [0.2, 0.25) is 0 Å². The van der Waals surface area contributed by atoms with Gasteiger partial charge in [-0.25, -0.2) is 0 Å². The maximum atomic E-state index is 11.6. The van der Waals surface area contributed by atoms with Crippen molar-refractivity contribution in [3.05, 3.63) is 67.8 Å². The molecule has 2 fully saturated rings. The van der Waals surface area contributed by atoms with E-state index in [4.69, 9.17) is 4.74 Å². The zero-order chi connectivity index (χ0) is 27.3. The number of methoxy groups -OCH3 is 1. The average Bonchev–Trinajstić information content (AvgIpc) is 3.38. The van der Waals surface area contributed by atoms with Gasteiger partial charge in [-0.2, -0.15) is 0 Å². The van der Waals surface area contributed by atoms with Gasteiger partial charge in [0.2, 0.25) is 23.6 Å². The van der Waals surface area contributed by atoms with Crippen molar-refractivity contribution in [2.75, 3.05) is 16.9 Å². The molecule has 0 bridgehead atoms. The van der Waals surface area contributed by atoms with E-state index in [0.29, 0.717) is 22.5 Å². The number of rotatable bonds is 7. The summed E-state index contributed by atoms with van der Waals surface area (Å²) < 4.78 is 4.90. The molecule has 210 valence electrons. The van der Waals surface area contributed by atoms with Gasteiger partial charge in [0.1, 0.15) is 0 Å². The Morgan fingerprint density at radius 3 is 1.44 bits per heavy atom. The molecule has 13 nitrogen and oxygen atoms in total. The molecule has 2 aromatic carbocycles. The van der Waals surface area contributed by atoms with E-state index in [1.807, 2.05) is 0 Å². The Morgan fingerprint density at radius 2 is 1.10 bits per heavy atom. The second-order valence-corrected chi connectivity index (χ2v) is 8.51. The number of hydrogen-bond donors (Lipinski definition) is 0. The van der Waals surface area contributed by atoms with E-state index in [1.54, 1.807) is 0 Å². The van der Waals surface area contributed by atoms with Crippen molar-refractivity contribution in [1.29, 1.82) is 0 Å². The molecule has 4 amide bonds. The first kappa shape index (κ1) is 33.0. The molecular weight excluding hydrogens is 580 g/mol. The van der Waals surface area contributed by atoms with Crippen LogP contribution in [0.4, 0.5) is 22.7 Å². The van der Waals surface area contributed by atoms with Crippen LogP contribution in [0.1, 0.15) is 51.7 Å². The lowest BCUT2D eigenvalue weighted by molar-refractivity contribution is -0.385. The monoisotopic (exact) mass is 608 g/mol. The van der Waals surface area contributed by atoms with Crippen LogP contribution >= 0.6 is 15.9 Å². The smallest absolute Gasteiger partial charge is 0.275 e. The Kier molecular flexibility index (Phi) is 12.0. The third-order valence-corrected chi connectivity index (χ3v) is 6.19. The standard InChI is InChI=1S/C12H12N2O5.C11H9BrN2O4.2CH4/c1-19-7-8-6-9(2-3-10(8)14(17)18)13-11(15)4-5-12(13)16;12-6-7-5-8(1-2-9(7)14(17)18)13-10(15)3-4-11(13)16;;/h2-3,6H,4-5,7H2,1H3;1-2,5H,3-4,6H2;2*1H4. The molecule has 39 heavy (non-hydrogen) atoms. The van der Waals surface area contributed by atoms with Crippen molar-refractivity contribution < 1.29 is 33.8 Å². The summed E-state index contributed by atoms with van der Waals surface area (Å²) in [5.74, 6) is -1.12. The summed E-state index contributed by atoms with van der Waals surface area (Å²) in [5.41, 5.74) is 1.38. The van der Waals surface area contributed by atoms with Gasteiger partial charge in [-0.15, -0.1) is 0 Å². The second-order valence-electron chi connectivity index (χ2n) is 7.95. The second kappa shape index (κ2) is 14.2. The largest absolute Gasteiger partial charge is 0.380 e. The first-order valence-electron chi connectivity index (χ1n) is 10.9. The SMILES string of the molecule is C.C.COCc1cc(N2C(=O)CCC2=O)ccc1[N+](=O)[O-].O=C1CCC(=O)N1c1ccc([N+](=O)[O-])c(CBr)c1. The first-order chi connectivity index (χ1) is 17.6. The Labute approximate surface area is 233 Å². The van der Waals surface area contributed by atoms with E-state index in [2.05, 4.69) is 15.9 Å². The van der Waals surface area contributed by atoms with Gasteiger partial charge in [-0.1, -0.05) is 30.8 Å². The predicted octanol–water partition coefficient (Wildman–Crippen LogP) is 4.81. The lowest BCUT2D eigenvalue weighted by atomic mass is 10.1. The van der Waals surface area contributed by atoms with E-state index in [9.17, 15) is 39.4 Å². The van der Waals surface area contributed by atoms with Crippen molar-refractivity contribution in [2.24, 2.45) is 0 Å². The maximum absolute atomic E-state index is 11.6.